The molecule has 0 fully saturated rings. The molecule has 1 atom stereocenters. The van der Waals surface area contributed by atoms with Crippen LogP contribution in [-0.2, 0) is 21.5 Å². The monoisotopic (exact) mass is 425 g/mol. The average Bonchev–Trinajstić information content (AvgIpc) is 3.28. The van der Waals surface area contributed by atoms with Crippen LogP contribution in [0.15, 0.2) is 97.8 Å². The Balaban J connectivity index is 1.89. The Labute approximate surface area is 186 Å². The molecule has 0 spiro atoms. The number of H-pyrrole nitrogens is 1. The molecule has 0 saturated heterocycles. The number of aromatic amines is 1. The number of aromatic nitrogens is 2. The van der Waals surface area contributed by atoms with Crippen LogP contribution in [0.4, 0.5) is 0 Å². The number of fused-ring (bicyclic) bond motifs is 1. The second-order valence-electron chi connectivity index (χ2n) is 7.37. The van der Waals surface area contributed by atoms with Gasteiger partial charge in [-0.15, -0.1) is 0 Å². The minimum Gasteiger partial charge on any atom is -0.459 e. The number of ether oxygens (including phenoxy) is 1. The Hall–Kier alpha value is -4.19. The van der Waals surface area contributed by atoms with Crippen molar-refractivity contribution in [1.82, 2.24) is 15.3 Å². The smallest absolute Gasteiger partial charge is 0.337 e. The Bertz CT molecular complexity index is 1230. The van der Waals surface area contributed by atoms with Crippen LogP contribution >= 0.6 is 0 Å². The number of benzene rings is 2. The van der Waals surface area contributed by atoms with E-state index in [1.165, 1.54) is 12.3 Å². The van der Waals surface area contributed by atoms with E-state index in [1.54, 1.807) is 24.4 Å². The van der Waals surface area contributed by atoms with Crippen LogP contribution in [0.3, 0.4) is 0 Å². The number of rotatable bonds is 8. The number of nitrogens with zero attached hydrogens (tertiary/aromatic N) is 1. The van der Waals surface area contributed by atoms with E-state index in [9.17, 15) is 9.59 Å². The Morgan fingerprint density at radius 1 is 1.03 bits per heavy atom. The fourth-order valence-electron chi connectivity index (χ4n) is 3.78. The largest absolute Gasteiger partial charge is 0.459 e. The van der Waals surface area contributed by atoms with Crippen LogP contribution in [0, 0.1) is 0 Å². The third kappa shape index (κ3) is 4.16. The fourth-order valence-corrected chi connectivity index (χ4v) is 3.78. The molecule has 2 aromatic heterocycles. The zero-order valence-electron chi connectivity index (χ0n) is 17.5. The van der Waals surface area contributed by atoms with Crippen LogP contribution in [0.25, 0.3) is 10.9 Å². The molecule has 4 aromatic rings. The van der Waals surface area contributed by atoms with Crippen molar-refractivity contribution in [2.24, 2.45) is 0 Å². The first-order valence-corrected chi connectivity index (χ1v) is 10.3. The van der Waals surface area contributed by atoms with Gasteiger partial charge in [-0.3, -0.25) is 9.78 Å². The number of hydrogen-bond donors (Lipinski definition) is 2. The molecule has 2 N–H and O–H groups in total. The average molecular weight is 425 g/mol. The lowest BCUT2D eigenvalue weighted by Gasteiger charge is -2.32. The normalized spacial score (nSPS) is 12.6. The molecule has 1 amide bonds. The molecular formula is C26H23N3O3. The highest BCUT2D eigenvalue weighted by atomic mass is 16.5. The first kappa shape index (κ1) is 21.1. The number of hydrogen-bond acceptors (Lipinski definition) is 4. The molecule has 0 aliphatic carbocycles. The maximum atomic E-state index is 13.6. The minimum absolute atomic E-state index is 0.0250. The first-order chi connectivity index (χ1) is 15.6. The predicted octanol–water partition coefficient (Wildman–Crippen LogP) is 4.16. The molecule has 160 valence electrons. The SMILES string of the molecule is C=CCOC(=O)C(Cc1ccccc1)(NC(=O)c1ccccn1)c1c[nH]c2ccccc12. The van der Waals surface area contributed by atoms with E-state index >= 15 is 0 Å². The quantitative estimate of drug-likeness (QED) is 0.328. The number of amides is 1. The Morgan fingerprint density at radius 2 is 1.78 bits per heavy atom. The van der Waals surface area contributed by atoms with E-state index in [4.69, 9.17) is 4.74 Å². The van der Waals surface area contributed by atoms with Crippen LogP contribution in [0.2, 0.25) is 0 Å². The van der Waals surface area contributed by atoms with Crippen LogP contribution < -0.4 is 5.32 Å². The van der Waals surface area contributed by atoms with Gasteiger partial charge in [0, 0.05) is 35.3 Å². The van der Waals surface area contributed by atoms with E-state index in [2.05, 4.69) is 21.9 Å². The number of carbonyl (C=O) groups is 2. The van der Waals surface area contributed by atoms with Crippen molar-refractivity contribution >= 4 is 22.8 Å². The van der Waals surface area contributed by atoms with Gasteiger partial charge >= 0.3 is 5.97 Å². The molecule has 32 heavy (non-hydrogen) atoms. The summed E-state index contributed by atoms with van der Waals surface area (Å²) in [5.74, 6) is -1.04. The number of para-hydroxylation sites is 1. The summed E-state index contributed by atoms with van der Waals surface area (Å²) < 4.78 is 5.53. The zero-order valence-corrected chi connectivity index (χ0v) is 17.5. The zero-order chi connectivity index (χ0) is 22.4. The van der Waals surface area contributed by atoms with Crippen LogP contribution in [0.5, 0.6) is 0 Å². The van der Waals surface area contributed by atoms with E-state index in [1.807, 2.05) is 54.6 Å². The highest BCUT2D eigenvalue weighted by Crippen LogP contribution is 2.34. The van der Waals surface area contributed by atoms with Gasteiger partial charge in [0.25, 0.3) is 5.91 Å². The van der Waals surface area contributed by atoms with Gasteiger partial charge in [-0.25, -0.2) is 4.79 Å². The van der Waals surface area contributed by atoms with Crippen molar-refractivity contribution < 1.29 is 14.3 Å². The van der Waals surface area contributed by atoms with Gasteiger partial charge in [-0.1, -0.05) is 67.3 Å². The highest BCUT2D eigenvalue weighted by Gasteiger charge is 2.45. The van der Waals surface area contributed by atoms with Crippen molar-refractivity contribution in [2.75, 3.05) is 6.61 Å². The molecule has 4 rings (SSSR count). The van der Waals surface area contributed by atoms with Crippen molar-refractivity contribution in [2.45, 2.75) is 12.0 Å². The molecule has 0 radical (unpaired) electrons. The molecule has 6 nitrogen and oxygen atoms in total. The van der Waals surface area contributed by atoms with Crippen LogP contribution in [-0.4, -0.2) is 28.5 Å². The summed E-state index contributed by atoms with van der Waals surface area (Å²) in [6.45, 7) is 3.66. The lowest BCUT2D eigenvalue weighted by Crippen LogP contribution is -2.54. The highest BCUT2D eigenvalue weighted by molar-refractivity contribution is 6.00. The Morgan fingerprint density at radius 3 is 2.53 bits per heavy atom. The summed E-state index contributed by atoms with van der Waals surface area (Å²) in [4.78, 5) is 34.2. The summed E-state index contributed by atoms with van der Waals surface area (Å²) in [5, 5.41) is 3.79. The van der Waals surface area contributed by atoms with E-state index < -0.39 is 17.4 Å². The lowest BCUT2D eigenvalue weighted by atomic mass is 9.83. The lowest BCUT2D eigenvalue weighted by molar-refractivity contribution is -0.150. The summed E-state index contributed by atoms with van der Waals surface area (Å²) >= 11 is 0. The third-order valence-corrected chi connectivity index (χ3v) is 5.27. The molecule has 2 aromatic carbocycles. The maximum absolute atomic E-state index is 13.6. The first-order valence-electron chi connectivity index (χ1n) is 10.3. The van der Waals surface area contributed by atoms with Gasteiger partial charge in [-0.2, -0.15) is 0 Å². The predicted molar refractivity (Wildman–Crippen MR) is 123 cm³/mol. The molecule has 0 bridgehead atoms. The van der Waals surface area contributed by atoms with Crippen molar-refractivity contribution in [3.63, 3.8) is 0 Å². The molecule has 0 saturated carbocycles. The van der Waals surface area contributed by atoms with Crippen molar-refractivity contribution in [3.8, 4) is 0 Å². The Kier molecular flexibility index (Phi) is 6.12. The topological polar surface area (TPSA) is 84.1 Å². The van der Waals surface area contributed by atoms with E-state index in [0.717, 1.165) is 16.5 Å². The summed E-state index contributed by atoms with van der Waals surface area (Å²) in [7, 11) is 0. The molecular weight excluding hydrogens is 402 g/mol. The number of carbonyl (C=O) groups excluding carboxylic acids is 2. The van der Waals surface area contributed by atoms with E-state index in [-0.39, 0.29) is 18.7 Å². The third-order valence-electron chi connectivity index (χ3n) is 5.27. The van der Waals surface area contributed by atoms with Gasteiger partial charge in [0.2, 0.25) is 0 Å². The number of esters is 1. The molecule has 2 heterocycles. The van der Waals surface area contributed by atoms with Gasteiger partial charge in [0.15, 0.2) is 5.54 Å². The number of pyridine rings is 1. The van der Waals surface area contributed by atoms with Gasteiger partial charge in [0.05, 0.1) is 0 Å². The summed E-state index contributed by atoms with van der Waals surface area (Å²) in [6.07, 6.45) is 4.99. The summed E-state index contributed by atoms with van der Waals surface area (Å²) in [6, 6.07) is 22.2. The summed E-state index contributed by atoms with van der Waals surface area (Å²) in [5.41, 5.74) is 1.06. The number of nitrogens with one attached hydrogen (secondary N) is 2. The molecule has 0 aliphatic heterocycles. The van der Waals surface area contributed by atoms with Gasteiger partial charge in [-0.05, 0) is 23.8 Å². The molecule has 0 aliphatic rings. The molecule has 1 unspecified atom stereocenters. The van der Waals surface area contributed by atoms with Gasteiger partial charge in [0.1, 0.15) is 12.3 Å². The van der Waals surface area contributed by atoms with Crippen molar-refractivity contribution in [1.29, 1.82) is 0 Å². The maximum Gasteiger partial charge on any atom is 0.337 e. The van der Waals surface area contributed by atoms with Crippen LogP contribution in [0.1, 0.15) is 21.6 Å². The van der Waals surface area contributed by atoms with E-state index in [0.29, 0.717) is 5.56 Å². The van der Waals surface area contributed by atoms with Gasteiger partial charge < -0.3 is 15.0 Å². The second kappa shape index (κ2) is 9.31. The standard InChI is InChI=1S/C26H23N3O3/c1-2-16-32-25(31)26(17-19-10-4-3-5-11-19,29-24(30)23-14-8-9-15-27-23)21-18-28-22-13-7-6-12-20(21)22/h2-15,18,28H,1,16-17H2,(H,29,30). The van der Waals surface area contributed by atoms with Crippen molar-refractivity contribution in [3.05, 3.63) is 115 Å². The second-order valence-corrected chi connectivity index (χ2v) is 7.37. The minimum atomic E-state index is -1.49. The fraction of sp³-hybridized carbons (Fsp3) is 0.115. The molecule has 6 heteroatoms.